The zero-order valence-corrected chi connectivity index (χ0v) is 39.1. The van der Waals surface area contributed by atoms with Gasteiger partial charge in [-0.2, -0.15) is 8.42 Å². The molecule has 1 amide bonds. The Hall–Kier alpha value is -0.900. The van der Waals surface area contributed by atoms with Crippen molar-refractivity contribution in [1.82, 2.24) is 5.32 Å². The lowest BCUT2D eigenvalue weighted by Gasteiger charge is -2.41. The number of rotatable bonds is 43. The zero-order chi connectivity index (χ0) is 44.1. The minimum absolute atomic E-state index is 0.225. The maximum absolute atomic E-state index is 13.1. The lowest BCUT2D eigenvalue weighted by molar-refractivity contribution is -0.298. The molecule has 0 spiro atoms. The summed E-state index contributed by atoms with van der Waals surface area (Å²) in [6.07, 6.45) is 32.5. The molecule has 0 aromatic carbocycles. The molecule has 0 saturated carbocycles. The normalized spacial score (nSPS) is 20.7. The summed E-state index contributed by atoms with van der Waals surface area (Å²) >= 11 is 0. The number of aliphatic hydroxyl groups excluding tert-OH is 4. The molecule has 1 rings (SSSR count). The molecule has 13 heteroatoms. The molecule has 12 nitrogen and oxygen atoms in total. The van der Waals surface area contributed by atoms with E-state index in [1.54, 1.807) is 0 Å². The molecule has 1 saturated heterocycles. The van der Waals surface area contributed by atoms with Gasteiger partial charge in [-0.3, -0.25) is 9.35 Å². The summed E-state index contributed by atoms with van der Waals surface area (Å²) in [7, 11) is -5.07. The third-order valence-corrected chi connectivity index (χ3v) is 12.6. The van der Waals surface area contributed by atoms with Crippen LogP contribution in [0, 0.1) is 0 Å². The topological polar surface area (TPSA) is 192 Å². The maximum atomic E-state index is 13.1. The first-order valence-electron chi connectivity index (χ1n) is 24.9. The van der Waals surface area contributed by atoms with E-state index in [9.17, 15) is 38.2 Å². The van der Waals surface area contributed by atoms with Crippen LogP contribution in [0.25, 0.3) is 0 Å². The van der Waals surface area contributed by atoms with Crippen LogP contribution < -0.4 is 5.32 Å². The van der Waals surface area contributed by atoms with Gasteiger partial charge in [-0.25, -0.2) is 4.18 Å². The third-order valence-electron chi connectivity index (χ3n) is 12.2. The molecule has 358 valence electrons. The Balaban J connectivity index is 2.41. The first kappa shape index (κ1) is 57.1. The molecule has 6 N–H and O–H groups in total. The Labute approximate surface area is 367 Å². The van der Waals surface area contributed by atoms with Gasteiger partial charge in [0.25, 0.3) is 0 Å². The summed E-state index contributed by atoms with van der Waals surface area (Å²) in [5.41, 5.74) is 0. The summed E-state index contributed by atoms with van der Waals surface area (Å²) in [6, 6.07) is -0.851. The first-order valence-corrected chi connectivity index (χ1v) is 26.3. The first-order chi connectivity index (χ1) is 29.0. The molecule has 1 aliphatic heterocycles. The Morgan fingerprint density at radius 1 is 0.600 bits per heavy atom. The summed E-state index contributed by atoms with van der Waals surface area (Å²) < 4.78 is 47.7. The number of amides is 1. The van der Waals surface area contributed by atoms with Gasteiger partial charge in [0.1, 0.15) is 24.4 Å². The van der Waals surface area contributed by atoms with Gasteiger partial charge in [0.15, 0.2) is 6.29 Å². The Morgan fingerprint density at radius 3 is 1.33 bits per heavy atom. The van der Waals surface area contributed by atoms with Crippen LogP contribution in [-0.2, 0) is 28.9 Å². The van der Waals surface area contributed by atoms with E-state index in [1.807, 2.05) is 0 Å². The van der Waals surface area contributed by atoms with Crippen LogP contribution in [0.2, 0.25) is 0 Å². The predicted molar refractivity (Wildman–Crippen MR) is 241 cm³/mol. The monoisotopic (exact) mass is 880 g/mol. The molecular formula is C47H93NO11S. The lowest BCUT2D eigenvalue weighted by Crippen LogP contribution is -2.61. The van der Waals surface area contributed by atoms with Crippen LogP contribution in [-0.4, -0.2) is 95.4 Å². The second-order valence-electron chi connectivity index (χ2n) is 17.8. The van der Waals surface area contributed by atoms with Crippen molar-refractivity contribution in [2.75, 3.05) is 13.2 Å². The van der Waals surface area contributed by atoms with Gasteiger partial charge >= 0.3 is 10.4 Å². The van der Waals surface area contributed by atoms with Gasteiger partial charge in [0, 0.05) is 6.42 Å². The van der Waals surface area contributed by atoms with E-state index >= 15 is 0 Å². The molecule has 0 aromatic heterocycles. The van der Waals surface area contributed by atoms with Crippen molar-refractivity contribution < 1.29 is 51.8 Å². The standard InChI is InChI=1S/C47H93NO11S/c1-3-5-7-9-11-13-15-17-18-19-20-21-22-23-25-27-29-31-33-35-37-43(51)48-40(41(50)36-34-32-30-28-26-24-16-14-12-10-8-6-4-2)39-57-47-45(53)46(59-60(54,55)56)44(52)42(38-49)58-47/h40-42,44-47,49-50,52-53H,3-39H2,1-2H3,(H,48,51)(H,54,55,56). The van der Waals surface area contributed by atoms with Crippen molar-refractivity contribution in [3.8, 4) is 0 Å². The number of carbonyl (C=O) groups is 1. The molecule has 0 bridgehead atoms. The van der Waals surface area contributed by atoms with Gasteiger partial charge in [0.05, 0.1) is 25.4 Å². The fourth-order valence-electron chi connectivity index (χ4n) is 8.28. The molecule has 1 aliphatic rings. The lowest BCUT2D eigenvalue weighted by atomic mass is 9.99. The minimum Gasteiger partial charge on any atom is -0.394 e. The molecule has 0 aliphatic carbocycles. The maximum Gasteiger partial charge on any atom is 0.397 e. The van der Waals surface area contributed by atoms with E-state index < -0.39 is 59.9 Å². The molecule has 1 heterocycles. The zero-order valence-electron chi connectivity index (χ0n) is 38.3. The highest BCUT2D eigenvalue weighted by atomic mass is 32.3. The quantitative estimate of drug-likeness (QED) is 0.0252. The number of nitrogens with one attached hydrogen (secondary N) is 1. The Morgan fingerprint density at radius 2 is 0.967 bits per heavy atom. The highest BCUT2D eigenvalue weighted by molar-refractivity contribution is 7.80. The number of hydrogen-bond acceptors (Lipinski definition) is 10. The Bertz CT molecular complexity index is 1080. The summed E-state index contributed by atoms with van der Waals surface area (Å²) in [5, 5.41) is 44.9. The Kier molecular flexibility index (Phi) is 36.7. The van der Waals surface area contributed by atoms with Gasteiger partial charge < -0.3 is 35.2 Å². The smallest absolute Gasteiger partial charge is 0.394 e. The average molecular weight is 880 g/mol. The molecule has 0 radical (unpaired) electrons. The van der Waals surface area contributed by atoms with Crippen molar-refractivity contribution in [2.24, 2.45) is 0 Å². The SMILES string of the molecule is CCCCCCCCCCCCCCCCCCCCCCC(=O)NC(COC1OC(CO)C(O)C(OS(=O)(=O)O)C1O)C(O)CCCCCCCCCCCCCCC. The van der Waals surface area contributed by atoms with E-state index in [-0.39, 0.29) is 12.5 Å². The fraction of sp³-hybridized carbons (Fsp3) is 0.979. The van der Waals surface area contributed by atoms with E-state index in [1.165, 1.54) is 161 Å². The number of aliphatic hydroxyl groups is 4. The molecule has 7 unspecified atom stereocenters. The van der Waals surface area contributed by atoms with E-state index in [2.05, 4.69) is 23.3 Å². The van der Waals surface area contributed by atoms with Crippen LogP contribution >= 0.6 is 0 Å². The molecule has 1 fully saturated rings. The summed E-state index contributed by atoms with van der Waals surface area (Å²) in [5.74, 6) is -0.225. The van der Waals surface area contributed by atoms with Crippen LogP contribution in [0.3, 0.4) is 0 Å². The van der Waals surface area contributed by atoms with Gasteiger partial charge in [-0.15, -0.1) is 0 Å². The number of hydrogen-bond donors (Lipinski definition) is 6. The van der Waals surface area contributed by atoms with Crippen molar-refractivity contribution >= 4 is 16.3 Å². The van der Waals surface area contributed by atoms with Crippen molar-refractivity contribution in [3.63, 3.8) is 0 Å². The highest BCUT2D eigenvalue weighted by Gasteiger charge is 2.48. The highest BCUT2D eigenvalue weighted by Crippen LogP contribution is 2.26. The minimum atomic E-state index is -5.07. The van der Waals surface area contributed by atoms with Crippen molar-refractivity contribution in [2.45, 2.75) is 281 Å². The van der Waals surface area contributed by atoms with Crippen LogP contribution in [0.15, 0.2) is 0 Å². The van der Waals surface area contributed by atoms with E-state index in [0.717, 1.165) is 51.4 Å². The molecule has 7 atom stereocenters. The summed E-state index contributed by atoms with van der Waals surface area (Å²) in [6.45, 7) is 3.47. The third kappa shape index (κ3) is 31.0. The van der Waals surface area contributed by atoms with Crippen LogP contribution in [0.5, 0.6) is 0 Å². The van der Waals surface area contributed by atoms with Gasteiger partial charge in [-0.05, 0) is 12.8 Å². The predicted octanol–water partition coefficient (Wildman–Crippen LogP) is 10.2. The molecule has 0 aromatic rings. The van der Waals surface area contributed by atoms with E-state index in [4.69, 9.17) is 9.47 Å². The number of carbonyl (C=O) groups excluding carboxylic acids is 1. The van der Waals surface area contributed by atoms with Crippen LogP contribution in [0.4, 0.5) is 0 Å². The van der Waals surface area contributed by atoms with Crippen LogP contribution in [0.1, 0.15) is 239 Å². The van der Waals surface area contributed by atoms with Crippen molar-refractivity contribution in [1.29, 1.82) is 0 Å². The fourth-order valence-corrected chi connectivity index (χ4v) is 8.79. The van der Waals surface area contributed by atoms with E-state index in [0.29, 0.717) is 12.8 Å². The van der Waals surface area contributed by atoms with Gasteiger partial charge in [-0.1, -0.05) is 219 Å². The second kappa shape index (κ2) is 38.5. The number of unbranched alkanes of at least 4 members (excludes halogenated alkanes) is 31. The molecular weight excluding hydrogens is 787 g/mol. The number of ether oxygens (including phenoxy) is 2. The van der Waals surface area contributed by atoms with Crippen molar-refractivity contribution in [3.05, 3.63) is 0 Å². The second-order valence-corrected chi connectivity index (χ2v) is 18.8. The molecule has 60 heavy (non-hydrogen) atoms. The average Bonchev–Trinajstić information content (AvgIpc) is 3.22. The van der Waals surface area contributed by atoms with Gasteiger partial charge in [0.2, 0.25) is 5.91 Å². The largest absolute Gasteiger partial charge is 0.397 e. The summed E-state index contributed by atoms with van der Waals surface area (Å²) in [4.78, 5) is 13.1.